The zero-order chi connectivity index (χ0) is 12.5. The van der Waals surface area contributed by atoms with Crippen molar-refractivity contribution in [2.75, 3.05) is 0 Å². The molecule has 0 aliphatic heterocycles. The van der Waals surface area contributed by atoms with Crippen LogP contribution in [0, 0.1) is 0 Å². The molecule has 0 unspecified atom stereocenters. The lowest BCUT2D eigenvalue weighted by atomic mass is 10.2. The number of fused-ring (bicyclic) bond motifs is 1. The maximum atomic E-state index is 11.8. The molecule has 2 heterocycles. The fraction of sp³-hybridized carbons (Fsp3) is 0. The van der Waals surface area contributed by atoms with Gasteiger partial charge in [0, 0.05) is 35.1 Å². The summed E-state index contributed by atoms with van der Waals surface area (Å²) in [4.78, 5) is 20.1. The minimum absolute atomic E-state index is 0.0474. The minimum Gasteiger partial charge on any atom is -0.289 e. The molecular weight excluding hydrogens is 250 g/mol. The van der Waals surface area contributed by atoms with Crippen molar-refractivity contribution in [3.05, 3.63) is 64.2 Å². The second-order valence-corrected chi connectivity index (χ2v) is 4.20. The van der Waals surface area contributed by atoms with E-state index in [1.165, 1.54) is 6.07 Å². The molecule has 0 fully saturated rings. The van der Waals surface area contributed by atoms with E-state index in [0.29, 0.717) is 21.9 Å². The van der Waals surface area contributed by atoms with Gasteiger partial charge in [0.15, 0.2) is 5.43 Å². The molecule has 4 nitrogen and oxygen atoms in total. The second kappa shape index (κ2) is 4.23. The number of benzene rings is 1. The highest BCUT2D eigenvalue weighted by molar-refractivity contribution is 6.31. The Morgan fingerprint density at radius 1 is 1.11 bits per heavy atom. The molecule has 3 aromatic rings. The summed E-state index contributed by atoms with van der Waals surface area (Å²) in [5.74, 6) is 0.504. The monoisotopic (exact) mass is 257 g/mol. The largest absolute Gasteiger partial charge is 0.289 e. The fourth-order valence-corrected chi connectivity index (χ4v) is 1.98. The van der Waals surface area contributed by atoms with Gasteiger partial charge in [-0.25, -0.2) is 9.97 Å². The lowest BCUT2D eigenvalue weighted by Gasteiger charge is -2.08. The van der Waals surface area contributed by atoms with Crippen molar-refractivity contribution in [1.29, 1.82) is 0 Å². The van der Waals surface area contributed by atoms with E-state index in [0.717, 1.165) is 0 Å². The van der Waals surface area contributed by atoms with Crippen molar-refractivity contribution in [1.82, 2.24) is 14.5 Å². The Kier molecular flexibility index (Phi) is 2.57. The summed E-state index contributed by atoms with van der Waals surface area (Å²) in [6.07, 6.45) is 4.95. The summed E-state index contributed by atoms with van der Waals surface area (Å²) in [7, 11) is 0. The third kappa shape index (κ3) is 1.76. The van der Waals surface area contributed by atoms with Crippen LogP contribution in [0.3, 0.4) is 0 Å². The first-order valence-electron chi connectivity index (χ1n) is 5.34. The maximum Gasteiger partial charge on any atom is 0.234 e. The molecule has 0 saturated carbocycles. The van der Waals surface area contributed by atoms with Crippen LogP contribution in [0.15, 0.2) is 53.7 Å². The molecule has 0 N–H and O–H groups in total. The van der Waals surface area contributed by atoms with Crippen molar-refractivity contribution in [2.45, 2.75) is 0 Å². The first-order valence-corrected chi connectivity index (χ1v) is 5.72. The standard InChI is InChI=1S/C13H8ClN3O/c14-9-2-3-10-11(8-9)17(7-4-12(10)18)13-15-5-1-6-16-13/h1-8H. The van der Waals surface area contributed by atoms with Crippen LogP contribution in [0.25, 0.3) is 16.9 Å². The van der Waals surface area contributed by atoms with Crippen LogP contribution < -0.4 is 5.43 Å². The van der Waals surface area contributed by atoms with Crippen LogP contribution in [0.5, 0.6) is 0 Å². The molecule has 2 aromatic heterocycles. The van der Waals surface area contributed by atoms with Crippen molar-refractivity contribution in [3.63, 3.8) is 0 Å². The van der Waals surface area contributed by atoms with Crippen LogP contribution in [-0.4, -0.2) is 14.5 Å². The van der Waals surface area contributed by atoms with Gasteiger partial charge in [-0.15, -0.1) is 0 Å². The molecule has 3 rings (SSSR count). The number of nitrogens with zero attached hydrogens (tertiary/aromatic N) is 3. The number of pyridine rings is 1. The van der Waals surface area contributed by atoms with E-state index in [1.807, 2.05) is 0 Å². The third-order valence-corrected chi connectivity index (χ3v) is 2.86. The summed E-state index contributed by atoms with van der Waals surface area (Å²) in [5.41, 5.74) is 0.648. The summed E-state index contributed by atoms with van der Waals surface area (Å²) in [6, 6.07) is 8.36. The van der Waals surface area contributed by atoms with Crippen LogP contribution in [0.2, 0.25) is 5.02 Å². The Labute approximate surface area is 108 Å². The molecule has 0 saturated heterocycles. The smallest absolute Gasteiger partial charge is 0.234 e. The van der Waals surface area contributed by atoms with Gasteiger partial charge in [0.25, 0.3) is 0 Å². The molecule has 0 radical (unpaired) electrons. The Balaban J connectivity index is 2.41. The first kappa shape index (κ1) is 10.9. The molecule has 0 amide bonds. The maximum absolute atomic E-state index is 11.8. The first-order chi connectivity index (χ1) is 8.75. The van der Waals surface area contributed by atoms with E-state index in [-0.39, 0.29) is 5.43 Å². The van der Waals surface area contributed by atoms with Crippen molar-refractivity contribution >= 4 is 22.5 Å². The predicted octanol–water partition coefficient (Wildman–Crippen LogP) is 2.43. The zero-order valence-electron chi connectivity index (χ0n) is 9.25. The molecule has 0 spiro atoms. The number of rotatable bonds is 1. The minimum atomic E-state index is -0.0474. The summed E-state index contributed by atoms with van der Waals surface area (Å²) in [5, 5.41) is 1.16. The van der Waals surface area contributed by atoms with Gasteiger partial charge in [-0.2, -0.15) is 0 Å². The highest BCUT2D eigenvalue weighted by Crippen LogP contribution is 2.18. The summed E-state index contributed by atoms with van der Waals surface area (Å²) >= 11 is 5.97. The van der Waals surface area contributed by atoms with E-state index in [9.17, 15) is 4.79 Å². The Bertz CT molecular complexity index is 768. The van der Waals surface area contributed by atoms with E-state index < -0.39 is 0 Å². The molecule has 0 aliphatic carbocycles. The van der Waals surface area contributed by atoms with E-state index in [1.54, 1.807) is 47.4 Å². The Morgan fingerprint density at radius 3 is 2.67 bits per heavy atom. The van der Waals surface area contributed by atoms with Crippen molar-refractivity contribution < 1.29 is 0 Å². The fourth-order valence-electron chi connectivity index (χ4n) is 1.81. The van der Waals surface area contributed by atoms with Gasteiger partial charge < -0.3 is 0 Å². The molecule has 5 heteroatoms. The van der Waals surface area contributed by atoms with Gasteiger partial charge in [0.05, 0.1) is 5.52 Å². The lowest BCUT2D eigenvalue weighted by Crippen LogP contribution is -2.08. The third-order valence-electron chi connectivity index (χ3n) is 2.63. The van der Waals surface area contributed by atoms with E-state index >= 15 is 0 Å². The quantitative estimate of drug-likeness (QED) is 0.673. The molecule has 0 bridgehead atoms. The zero-order valence-corrected chi connectivity index (χ0v) is 10.0. The molecule has 18 heavy (non-hydrogen) atoms. The SMILES string of the molecule is O=c1ccn(-c2ncccn2)c2cc(Cl)ccc12. The van der Waals surface area contributed by atoms with E-state index in [4.69, 9.17) is 11.6 Å². The average Bonchev–Trinajstić information content (AvgIpc) is 2.40. The normalized spacial score (nSPS) is 10.7. The Hall–Kier alpha value is -2.20. The lowest BCUT2D eigenvalue weighted by molar-refractivity contribution is 0.950. The van der Waals surface area contributed by atoms with Gasteiger partial charge in [-0.3, -0.25) is 9.36 Å². The highest BCUT2D eigenvalue weighted by atomic mass is 35.5. The van der Waals surface area contributed by atoms with E-state index in [2.05, 4.69) is 9.97 Å². The predicted molar refractivity (Wildman–Crippen MR) is 70.1 cm³/mol. The summed E-state index contributed by atoms with van der Waals surface area (Å²) < 4.78 is 1.74. The van der Waals surface area contributed by atoms with Crippen molar-refractivity contribution in [2.24, 2.45) is 0 Å². The van der Waals surface area contributed by atoms with Crippen LogP contribution in [0.1, 0.15) is 0 Å². The number of halogens is 1. The van der Waals surface area contributed by atoms with Crippen LogP contribution in [-0.2, 0) is 0 Å². The van der Waals surface area contributed by atoms with Crippen molar-refractivity contribution in [3.8, 4) is 5.95 Å². The molecule has 0 aliphatic rings. The van der Waals surface area contributed by atoms with Gasteiger partial charge >= 0.3 is 0 Å². The second-order valence-electron chi connectivity index (χ2n) is 3.76. The number of aromatic nitrogens is 3. The highest BCUT2D eigenvalue weighted by Gasteiger charge is 2.06. The van der Waals surface area contributed by atoms with Gasteiger partial charge in [-0.1, -0.05) is 11.6 Å². The van der Waals surface area contributed by atoms with Gasteiger partial charge in [0.1, 0.15) is 0 Å². The van der Waals surface area contributed by atoms with Gasteiger partial charge in [0.2, 0.25) is 5.95 Å². The molecular formula is C13H8ClN3O. The van der Waals surface area contributed by atoms with Gasteiger partial charge in [-0.05, 0) is 24.3 Å². The molecule has 0 atom stereocenters. The number of hydrogen-bond donors (Lipinski definition) is 0. The van der Waals surface area contributed by atoms with Crippen LogP contribution >= 0.6 is 11.6 Å². The average molecular weight is 258 g/mol. The number of hydrogen-bond acceptors (Lipinski definition) is 3. The summed E-state index contributed by atoms with van der Waals surface area (Å²) in [6.45, 7) is 0. The topological polar surface area (TPSA) is 47.8 Å². The Morgan fingerprint density at radius 2 is 1.89 bits per heavy atom. The molecule has 88 valence electrons. The molecule has 1 aromatic carbocycles. The van der Waals surface area contributed by atoms with Crippen LogP contribution in [0.4, 0.5) is 0 Å².